The van der Waals surface area contributed by atoms with Gasteiger partial charge in [-0.15, -0.1) is 12.4 Å². The molecule has 0 aliphatic rings. The second-order valence-electron chi connectivity index (χ2n) is 2.23. The summed E-state index contributed by atoms with van der Waals surface area (Å²) >= 11 is 0. The Kier molecular flexibility index (Phi) is 4.39. The van der Waals surface area contributed by atoms with Gasteiger partial charge in [-0.3, -0.25) is 0 Å². The maximum atomic E-state index is 10.4. The molecule has 0 spiro atoms. The molecule has 1 rings (SSSR count). The Morgan fingerprint density at radius 1 is 1.67 bits per heavy atom. The molecule has 0 radical (unpaired) electrons. The van der Waals surface area contributed by atoms with Crippen LogP contribution >= 0.6 is 12.4 Å². The van der Waals surface area contributed by atoms with Crippen LogP contribution in [0.1, 0.15) is 10.4 Å². The smallest absolute Gasteiger partial charge is 0.337 e. The van der Waals surface area contributed by atoms with Crippen LogP contribution in [0.15, 0.2) is 18.5 Å². The first kappa shape index (κ1) is 11.0. The minimum Gasteiger partial charge on any atom is -0.478 e. The van der Waals surface area contributed by atoms with Crippen molar-refractivity contribution in [2.75, 3.05) is 6.54 Å². The SMILES string of the molecule is Cl.NCCn1ccc(C(=O)O)c1. The number of rotatable bonds is 3. The molecular weight excluding hydrogens is 180 g/mol. The van der Waals surface area contributed by atoms with Gasteiger partial charge in [0.15, 0.2) is 0 Å². The number of aromatic carboxylic acids is 1. The van der Waals surface area contributed by atoms with Crippen LogP contribution in [0.3, 0.4) is 0 Å². The van der Waals surface area contributed by atoms with Crippen LogP contribution in [-0.2, 0) is 6.54 Å². The zero-order valence-electron chi connectivity index (χ0n) is 6.43. The molecule has 3 N–H and O–H groups in total. The van der Waals surface area contributed by atoms with E-state index in [0.29, 0.717) is 18.7 Å². The van der Waals surface area contributed by atoms with E-state index in [1.54, 1.807) is 23.0 Å². The Bertz CT molecular complexity index is 260. The highest BCUT2D eigenvalue weighted by atomic mass is 35.5. The third-order valence-corrected chi connectivity index (χ3v) is 1.38. The van der Waals surface area contributed by atoms with Gasteiger partial charge in [-0.1, -0.05) is 0 Å². The van der Waals surface area contributed by atoms with Crippen molar-refractivity contribution in [2.24, 2.45) is 5.73 Å². The Morgan fingerprint density at radius 2 is 2.33 bits per heavy atom. The van der Waals surface area contributed by atoms with Crippen LogP contribution in [0.2, 0.25) is 0 Å². The van der Waals surface area contributed by atoms with Gasteiger partial charge < -0.3 is 15.4 Å². The fraction of sp³-hybridized carbons (Fsp3) is 0.286. The van der Waals surface area contributed by atoms with E-state index in [0.717, 1.165) is 0 Å². The lowest BCUT2D eigenvalue weighted by molar-refractivity contribution is 0.0697. The van der Waals surface area contributed by atoms with E-state index in [1.165, 1.54) is 0 Å². The van der Waals surface area contributed by atoms with Crippen LogP contribution in [-0.4, -0.2) is 22.2 Å². The quantitative estimate of drug-likeness (QED) is 0.732. The molecule has 4 nitrogen and oxygen atoms in total. The standard InChI is InChI=1S/C7H10N2O2.ClH/c8-2-4-9-3-1-6(5-9)7(10)11;/h1,3,5H,2,4,8H2,(H,10,11);1H. The summed E-state index contributed by atoms with van der Waals surface area (Å²) in [4.78, 5) is 10.4. The molecule has 68 valence electrons. The minimum absolute atomic E-state index is 0. The molecule has 12 heavy (non-hydrogen) atoms. The lowest BCUT2D eigenvalue weighted by Gasteiger charge is -1.95. The first-order chi connectivity index (χ1) is 5.24. The molecule has 5 heteroatoms. The highest BCUT2D eigenvalue weighted by molar-refractivity contribution is 5.87. The average Bonchev–Trinajstić information content (AvgIpc) is 2.37. The van der Waals surface area contributed by atoms with E-state index in [9.17, 15) is 4.79 Å². The summed E-state index contributed by atoms with van der Waals surface area (Å²) in [5, 5.41) is 8.52. The molecule has 0 saturated heterocycles. The van der Waals surface area contributed by atoms with Crippen molar-refractivity contribution in [3.05, 3.63) is 24.0 Å². The molecule has 1 aromatic heterocycles. The molecule has 0 aliphatic carbocycles. The van der Waals surface area contributed by atoms with Crippen LogP contribution in [0.5, 0.6) is 0 Å². The molecule has 0 amide bonds. The zero-order chi connectivity index (χ0) is 8.27. The number of nitrogens with two attached hydrogens (primary N) is 1. The van der Waals surface area contributed by atoms with Crippen molar-refractivity contribution in [1.29, 1.82) is 0 Å². The highest BCUT2D eigenvalue weighted by Gasteiger charge is 2.02. The van der Waals surface area contributed by atoms with E-state index in [2.05, 4.69) is 0 Å². The summed E-state index contributed by atoms with van der Waals surface area (Å²) < 4.78 is 1.75. The van der Waals surface area contributed by atoms with Crippen molar-refractivity contribution in [2.45, 2.75) is 6.54 Å². The second kappa shape index (κ2) is 4.79. The van der Waals surface area contributed by atoms with E-state index in [-0.39, 0.29) is 12.4 Å². The van der Waals surface area contributed by atoms with Gasteiger partial charge in [0.2, 0.25) is 0 Å². The second-order valence-corrected chi connectivity index (χ2v) is 2.23. The van der Waals surface area contributed by atoms with E-state index >= 15 is 0 Å². The Labute approximate surface area is 76.4 Å². The summed E-state index contributed by atoms with van der Waals surface area (Å²) in [6, 6.07) is 1.55. The predicted molar refractivity (Wildman–Crippen MR) is 47.7 cm³/mol. The molecule has 0 atom stereocenters. The van der Waals surface area contributed by atoms with Crippen LogP contribution in [0.25, 0.3) is 0 Å². The number of carboxylic acid groups (broad SMARTS) is 1. The van der Waals surface area contributed by atoms with E-state index in [4.69, 9.17) is 10.8 Å². The summed E-state index contributed by atoms with van der Waals surface area (Å²) in [7, 11) is 0. The molecule has 0 aliphatic heterocycles. The van der Waals surface area contributed by atoms with Gasteiger partial charge in [-0.2, -0.15) is 0 Å². The molecule has 0 unspecified atom stereocenters. The average molecular weight is 191 g/mol. The third kappa shape index (κ3) is 2.56. The molecule has 1 aromatic rings. The van der Waals surface area contributed by atoms with Crippen molar-refractivity contribution in [1.82, 2.24) is 4.57 Å². The van der Waals surface area contributed by atoms with Gasteiger partial charge in [-0.25, -0.2) is 4.79 Å². The van der Waals surface area contributed by atoms with Crippen molar-refractivity contribution in [3.63, 3.8) is 0 Å². The fourth-order valence-electron chi connectivity index (χ4n) is 0.855. The van der Waals surface area contributed by atoms with Crippen molar-refractivity contribution in [3.8, 4) is 0 Å². The summed E-state index contributed by atoms with van der Waals surface area (Å²) in [5.74, 6) is -0.902. The molecule has 0 bridgehead atoms. The van der Waals surface area contributed by atoms with Gasteiger partial charge in [0.1, 0.15) is 0 Å². The number of aromatic nitrogens is 1. The van der Waals surface area contributed by atoms with Crippen molar-refractivity contribution < 1.29 is 9.90 Å². The first-order valence-corrected chi connectivity index (χ1v) is 3.33. The number of hydrogen-bond acceptors (Lipinski definition) is 2. The molecule has 0 fully saturated rings. The summed E-state index contributed by atoms with van der Waals surface area (Å²) in [6.07, 6.45) is 3.27. The number of carboxylic acids is 1. The lowest BCUT2D eigenvalue weighted by atomic mass is 10.4. The van der Waals surface area contributed by atoms with Crippen LogP contribution in [0.4, 0.5) is 0 Å². The number of halogens is 1. The fourth-order valence-corrected chi connectivity index (χ4v) is 0.855. The van der Waals surface area contributed by atoms with Gasteiger partial charge >= 0.3 is 5.97 Å². The summed E-state index contributed by atoms with van der Waals surface area (Å²) in [5.41, 5.74) is 5.58. The topological polar surface area (TPSA) is 68.2 Å². The number of nitrogens with zero attached hydrogens (tertiary/aromatic N) is 1. The molecule has 1 heterocycles. The van der Waals surface area contributed by atoms with Crippen molar-refractivity contribution >= 4 is 18.4 Å². The maximum Gasteiger partial charge on any atom is 0.337 e. The predicted octanol–water partition coefficient (Wildman–Crippen LogP) is 0.567. The van der Waals surface area contributed by atoms with Gasteiger partial charge in [0.05, 0.1) is 5.56 Å². The zero-order valence-corrected chi connectivity index (χ0v) is 7.25. The van der Waals surface area contributed by atoms with E-state index in [1.807, 2.05) is 0 Å². The normalized spacial score (nSPS) is 9.08. The Balaban J connectivity index is 0.00000121. The third-order valence-electron chi connectivity index (χ3n) is 1.38. The van der Waals surface area contributed by atoms with Gasteiger partial charge in [0.25, 0.3) is 0 Å². The van der Waals surface area contributed by atoms with Gasteiger partial charge in [0, 0.05) is 25.5 Å². The van der Waals surface area contributed by atoms with E-state index < -0.39 is 5.97 Å². The largest absolute Gasteiger partial charge is 0.478 e. The highest BCUT2D eigenvalue weighted by Crippen LogP contribution is 1.99. The number of carbonyl (C=O) groups is 1. The Hall–Kier alpha value is -1.00. The van der Waals surface area contributed by atoms with Crippen LogP contribution in [0, 0.1) is 0 Å². The number of hydrogen-bond donors (Lipinski definition) is 2. The lowest BCUT2D eigenvalue weighted by Crippen LogP contribution is -2.08. The monoisotopic (exact) mass is 190 g/mol. The molecule has 0 aromatic carbocycles. The van der Waals surface area contributed by atoms with Gasteiger partial charge in [-0.05, 0) is 6.07 Å². The minimum atomic E-state index is -0.902. The van der Waals surface area contributed by atoms with Crippen LogP contribution < -0.4 is 5.73 Å². The molecular formula is C7H11ClN2O2. The summed E-state index contributed by atoms with van der Waals surface area (Å²) in [6.45, 7) is 1.18. The first-order valence-electron chi connectivity index (χ1n) is 3.33. The molecule has 0 saturated carbocycles. The maximum absolute atomic E-state index is 10.4. The Morgan fingerprint density at radius 3 is 2.75 bits per heavy atom.